The molecule has 222 valence electrons. The molecular weight excluding hydrogens is 468 g/mol. The average Bonchev–Trinajstić information content (AvgIpc) is 2.82. The maximum atomic E-state index is 12.0. The zero-order valence-electron chi connectivity index (χ0n) is 26.4. The molecule has 3 heteroatoms. The molecule has 1 rings (SSSR count). The van der Waals surface area contributed by atoms with Crippen molar-refractivity contribution in [2.75, 3.05) is 0 Å². The highest BCUT2D eigenvalue weighted by Crippen LogP contribution is 2.49. The van der Waals surface area contributed by atoms with Gasteiger partial charge in [-0.15, -0.1) is 0 Å². The van der Waals surface area contributed by atoms with Gasteiger partial charge in [0.25, 0.3) is 0 Å². The summed E-state index contributed by atoms with van der Waals surface area (Å²) in [6.07, 6.45) is 28.7. The van der Waals surface area contributed by atoms with Crippen molar-refractivity contribution in [1.82, 2.24) is 0 Å². The summed E-state index contributed by atoms with van der Waals surface area (Å²) in [5, 5.41) is 21.5. The van der Waals surface area contributed by atoms with Gasteiger partial charge in [0.15, 0.2) is 0 Å². The number of allylic oxidation sites excluding steroid dienone is 2. The fraction of sp³-hybridized carbons (Fsp3) is 0.857. The molecule has 0 bridgehead atoms. The molecule has 0 aromatic rings. The van der Waals surface area contributed by atoms with E-state index in [0.29, 0.717) is 6.42 Å². The van der Waals surface area contributed by atoms with Crippen LogP contribution >= 0.6 is 0 Å². The van der Waals surface area contributed by atoms with Crippen LogP contribution in [0.1, 0.15) is 164 Å². The number of carboxylic acids is 1. The lowest BCUT2D eigenvalue weighted by atomic mass is 9.59. The molecule has 3 atom stereocenters. The summed E-state index contributed by atoms with van der Waals surface area (Å²) in [4.78, 5) is 12.0. The number of aliphatic carboxylic acids is 1. The van der Waals surface area contributed by atoms with Gasteiger partial charge in [-0.05, 0) is 23.7 Å². The van der Waals surface area contributed by atoms with Crippen LogP contribution in [0.4, 0.5) is 0 Å². The Kier molecular flexibility index (Phi) is 16.2. The normalized spacial score (nSPS) is 20.9. The van der Waals surface area contributed by atoms with E-state index >= 15 is 0 Å². The van der Waals surface area contributed by atoms with Crippen molar-refractivity contribution in [3.8, 4) is 0 Å². The van der Waals surface area contributed by atoms with Crippen molar-refractivity contribution in [3.63, 3.8) is 0 Å². The van der Waals surface area contributed by atoms with Gasteiger partial charge in [-0.25, -0.2) is 0 Å². The second kappa shape index (κ2) is 17.6. The zero-order chi connectivity index (χ0) is 28.7. The van der Waals surface area contributed by atoms with E-state index in [1.807, 2.05) is 12.2 Å². The molecule has 0 aliphatic heterocycles. The lowest BCUT2D eigenvalue weighted by Crippen LogP contribution is -2.52. The number of hydrogen-bond donors (Lipinski definition) is 2. The summed E-state index contributed by atoms with van der Waals surface area (Å²) < 4.78 is 0. The molecule has 1 aliphatic carbocycles. The van der Waals surface area contributed by atoms with Crippen molar-refractivity contribution in [2.24, 2.45) is 22.7 Å². The number of unbranched alkanes of at least 4 members (excludes halogenated alkanes) is 15. The fourth-order valence-corrected chi connectivity index (χ4v) is 6.03. The lowest BCUT2D eigenvalue weighted by Gasteiger charge is -2.50. The predicted octanol–water partition coefficient (Wildman–Crippen LogP) is 10.7. The van der Waals surface area contributed by atoms with E-state index in [1.54, 1.807) is 0 Å². The van der Waals surface area contributed by atoms with Gasteiger partial charge in [0, 0.05) is 5.92 Å². The molecule has 0 saturated carbocycles. The highest BCUT2D eigenvalue weighted by atomic mass is 16.4. The summed E-state index contributed by atoms with van der Waals surface area (Å²) in [7, 11) is 0. The van der Waals surface area contributed by atoms with Crippen LogP contribution in [0.5, 0.6) is 0 Å². The van der Waals surface area contributed by atoms with Crippen LogP contribution in [-0.4, -0.2) is 21.8 Å². The Morgan fingerprint density at radius 1 is 0.789 bits per heavy atom. The molecule has 0 radical (unpaired) electrons. The van der Waals surface area contributed by atoms with Crippen molar-refractivity contribution >= 4 is 5.97 Å². The van der Waals surface area contributed by atoms with E-state index < -0.39 is 11.6 Å². The van der Waals surface area contributed by atoms with Crippen molar-refractivity contribution < 1.29 is 15.0 Å². The Morgan fingerprint density at radius 2 is 1.21 bits per heavy atom. The van der Waals surface area contributed by atoms with Gasteiger partial charge in [0.05, 0.1) is 11.5 Å². The molecule has 0 spiro atoms. The number of carbonyl (C=O) groups is 1. The van der Waals surface area contributed by atoms with Gasteiger partial charge in [0.1, 0.15) is 0 Å². The smallest absolute Gasteiger partial charge is 0.306 e. The van der Waals surface area contributed by atoms with Gasteiger partial charge in [-0.3, -0.25) is 4.79 Å². The second-order valence-corrected chi connectivity index (χ2v) is 14.3. The largest absolute Gasteiger partial charge is 0.481 e. The predicted molar refractivity (Wildman–Crippen MR) is 164 cm³/mol. The molecule has 0 heterocycles. The minimum absolute atomic E-state index is 0.0556. The van der Waals surface area contributed by atoms with Crippen LogP contribution in [0.3, 0.4) is 0 Å². The Hall–Kier alpha value is -1.09. The quantitative estimate of drug-likeness (QED) is 0.153. The highest BCUT2D eigenvalue weighted by molar-refractivity contribution is 5.70. The summed E-state index contributed by atoms with van der Waals surface area (Å²) in [6, 6.07) is 0. The number of rotatable bonds is 20. The highest BCUT2D eigenvalue weighted by Gasteiger charge is 2.49. The maximum Gasteiger partial charge on any atom is 0.306 e. The molecule has 2 N–H and O–H groups in total. The van der Waals surface area contributed by atoms with Gasteiger partial charge < -0.3 is 10.2 Å². The Morgan fingerprint density at radius 3 is 1.58 bits per heavy atom. The third-order valence-electron chi connectivity index (χ3n) is 8.78. The van der Waals surface area contributed by atoms with E-state index in [1.165, 1.54) is 89.9 Å². The monoisotopic (exact) mass is 532 g/mol. The molecule has 38 heavy (non-hydrogen) atoms. The molecule has 1 aliphatic rings. The van der Waals surface area contributed by atoms with Crippen LogP contribution in [-0.2, 0) is 4.79 Å². The SMILES string of the molecule is CCCCCCCCCCCCCCCCCCC(CC1=CC(C(C)(C)C)C(O)(C(C)(C)C)C=C1)C(=O)O. The average molecular weight is 533 g/mol. The van der Waals surface area contributed by atoms with Crippen molar-refractivity contribution in [3.05, 3.63) is 23.8 Å². The minimum atomic E-state index is -0.943. The van der Waals surface area contributed by atoms with E-state index in [-0.39, 0.29) is 22.7 Å². The molecule has 0 aromatic heterocycles. The Labute approximate surface area is 237 Å². The van der Waals surface area contributed by atoms with Gasteiger partial charge in [0.2, 0.25) is 0 Å². The third-order valence-corrected chi connectivity index (χ3v) is 8.78. The van der Waals surface area contributed by atoms with Crippen molar-refractivity contribution in [2.45, 2.75) is 170 Å². The Balaban J connectivity index is 2.28. The second-order valence-electron chi connectivity index (χ2n) is 14.3. The Bertz CT molecular complexity index is 706. The fourth-order valence-electron chi connectivity index (χ4n) is 6.03. The first-order valence-corrected chi connectivity index (χ1v) is 16.2. The molecular formula is C35H64O3. The number of aliphatic hydroxyl groups is 1. The summed E-state index contributed by atoms with van der Waals surface area (Å²) in [6.45, 7) is 15.0. The standard InChI is InChI=1S/C35H64O3/c1-8-9-10-11-12-13-14-15-16-17-18-19-20-21-22-23-24-30(32(36)37)27-29-25-26-35(38,34(5,6)7)31(28-29)33(2,3)4/h25-26,28,30-31,38H,8-24,27H2,1-7H3,(H,36,37). The molecule has 0 saturated heterocycles. The van der Waals surface area contributed by atoms with E-state index in [9.17, 15) is 15.0 Å². The van der Waals surface area contributed by atoms with Crippen LogP contribution < -0.4 is 0 Å². The van der Waals surface area contributed by atoms with Crippen LogP contribution in [0.15, 0.2) is 23.8 Å². The van der Waals surface area contributed by atoms with Crippen LogP contribution in [0.2, 0.25) is 0 Å². The summed E-state index contributed by atoms with van der Waals surface area (Å²) in [5.41, 5.74) is -0.308. The van der Waals surface area contributed by atoms with E-state index in [4.69, 9.17) is 0 Å². The summed E-state index contributed by atoms with van der Waals surface area (Å²) in [5.74, 6) is -1.09. The van der Waals surface area contributed by atoms with E-state index in [2.05, 4.69) is 54.5 Å². The molecule has 0 fully saturated rings. The molecule has 3 nitrogen and oxygen atoms in total. The first kappa shape index (κ1) is 34.9. The topological polar surface area (TPSA) is 57.5 Å². The molecule has 0 amide bonds. The first-order valence-electron chi connectivity index (χ1n) is 16.2. The van der Waals surface area contributed by atoms with Crippen molar-refractivity contribution in [1.29, 1.82) is 0 Å². The lowest BCUT2D eigenvalue weighted by molar-refractivity contribution is -0.142. The number of hydrogen-bond acceptors (Lipinski definition) is 2. The number of carboxylic acid groups (broad SMARTS) is 1. The van der Waals surface area contributed by atoms with Gasteiger partial charge in [-0.2, -0.15) is 0 Å². The maximum absolute atomic E-state index is 12.0. The first-order chi connectivity index (χ1) is 17.8. The zero-order valence-corrected chi connectivity index (χ0v) is 26.4. The molecule has 0 aromatic carbocycles. The minimum Gasteiger partial charge on any atom is -0.481 e. The van der Waals surface area contributed by atoms with Crippen LogP contribution in [0, 0.1) is 22.7 Å². The van der Waals surface area contributed by atoms with E-state index in [0.717, 1.165) is 24.8 Å². The van der Waals surface area contributed by atoms with Gasteiger partial charge in [-0.1, -0.05) is 175 Å². The van der Waals surface area contributed by atoms with Gasteiger partial charge >= 0.3 is 5.97 Å². The third kappa shape index (κ3) is 12.8. The summed E-state index contributed by atoms with van der Waals surface area (Å²) >= 11 is 0. The molecule has 3 unspecified atom stereocenters. The van der Waals surface area contributed by atoms with Crippen LogP contribution in [0.25, 0.3) is 0 Å².